The van der Waals surface area contributed by atoms with Crippen LogP contribution in [0.5, 0.6) is 0 Å². The van der Waals surface area contributed by atoms with E-state index >= 15 is 0 Å². The van der Waals surface area contributed by atoms with E-state index in [4.69, 9.17) is 14.2 Å². The average Bonchev–Trinajstić information content (AvgIpc) is 3.35. The number of aromatic nitrogens is 1. The molecule has 1 aromatic heterocycles. The van der Waals surface area contributed by atoms with Crippen LogP contribution in [0.3, 0.4) is 0 Å². The number of nitrogens with zero attached hydrogens (tertiary/aromatic N) is 4. The summed E-state index contributed by atoms with van der Waals surface area (Å²) in [6.45, 7) is 14.5. The fraction of sp³-hybridized carbons (Fsp3) is 0.788. The van der Waals surface area contributed by atoms with Gasteiger partial charge < -0.3 is 33.5 Å². The van der Waals surface area contributed by atoms with Crippen LogP contribution in [0.1, 0.15) is 88.5 Å². The second-order valence-electron chi connectivity index (χ2n) is 13.8. The zero-order chi connectivity index (χ0) is 31.1. The number of hydrogen-bond donors (Lipinski definition) is 0. The van der Waals surface area contributed by atoms with E-state index in [0.29, 0.717) is 52.4 Å². The largest absolute Gasteiger partial charge is 0.444 e. The quantitative estimate of drug-likeness (QED) is 0.369. The number of piperidine rings is 1. The first-order chi connectivity index (χ1) is 20.5. The minimum absolute atomic E-state index is 0.0107. The van der Waals surface area contributed by atoms with Crippen molar-refractivity contribution in [3.63, 3.8) is 0 Å². The molecule has 0 spiro atoms. The van der Waals surface area contributed by atoms with Gasteiger partial charge in [0.15, 0.2) is 0 Å². The van der Waals surface area contributed by atoms with Crippen molar-refractivity contribution in [2.45, 2.75) is 97.8 Å². The van der Waals surface area contributed by atoms with E-state index in [9.17, 15) is 14.4 Å². The lowest BCUT2D eigenvalue weighted by Gasteiger charge is -2.44. The zero-order valence-electron chi connectivity index (χ0n) is 27.4. The van der Waals surface area contributed by atoms with Gasteiger partial charge in [-0.3, -0.25) is 9.59 Å². The number of aryl methyl sites for hydroxylation is 1. The predicted octanol–water partition coefficient (Wildman–Crippen LogP) is 4.38. The Hall–Kier alpha value is -2.59. The van der Waals surface area contributed by atoms with E-state index in [-0.39, 0.29) is 30.3 Å². The number of ether oxygens (including phenoxy) is 3. The van der Waals surface area contributed by atoms with Gasteiger partial charge in [0.05, 0.1) is 25.2 Å². The monoisotopic (exact) mass is 602 g/mol. The highest BCUT2D eigenvalue weighted by molar-refractivity contribution is 5.94. The lowest BCUT2D eigenvalue weighted by atomic mass is 9.91. The fourth-order valence-electron chi connectivity index (χ4n) is 6.65. The molecule has 0 bridgehead atoms. The number of likely N-dealkylation sites (tertiary alicyclic amines) is 1. The number of carbonyl (C=O) groups excluding carboxylic acids is 3. The van der Waals surface area contributed by atoms with Gasteiger partial charge in [0, 0.05) is 58.7 Å². The summed E-state index contributed by atoms with van der Waals surface area (Å²) in [6.07, 6.45) is 6.21. The Morgan fingerprint density at radius 3 is 2.44 bits per heavy atom. The third kappa shape index (κ3) is 8.75. The maximum Gasteiger partial charge on any atom is 0.410 e. The Morgan fingerprint density at radius 1 is 1.05 bits per heavy atom. The molecule has 242 valence electrons. The number of rotatable bonds is 10. The van der Waals surface area contributed by atoms with E-state index < -0.39 is 17.6 Å². The van der Waals surface area contributed by atoms with Crippen molar-refractivity contribution in [3.8, 4) is 0 Å². The maximum atomic E-state index is 14.6. The van der Waals surface area contributed by atoms with Crippen LogP contribution in [0.25, 0.3) is 0 Å². The Kier molecular flexibility index (Phi) is 11.6. The first-order valence-corrected chi connectivity index (χ1v) is 16.3. The Bertz CT molecular complexity index is 1100. The fourth-order valence-corrected chi connectivity index (χ4v) is 6.65. The molecule has 4 rings (SSSR count). The second-order valence-corrected chi connectivity index (χ2v) is 13.8. The minimum atomic E-state index is -0.663. The molecule has 3 amide bonds. The van der Waals surface area contributed by atoms with E-state index in [1.54, 1.807) is 12.0 Å². The van der Waals surface area contributed by atoms with Gasteiger partial charge in [-0.15, -0.1) is 0 Å². The van der Waals surface area contributed by atoms with Crippen molar-refractivity contribution in [3.05, 3.63) is 23.0 Å². The molecule has 2 fully saturated rings. The number of carbonyl (C=O) groups is 3. The number of hydrogen-bond acceptors (Lipinski definition) is 6. The summed E-state index contributed by atoms with van der Waals surface area (Å²) in [6, 6.07) is 1.81. The summed E-state index contributed by atoms with van der Waals surface area (Å²) in [5.41, 5.74) is 2.64. The highest BCUT2D eigenvalue weighted by Gasteiger charge is 2.41. The molecular weight excluding hydrogens is 548 g/mol. The number of methoxy groups -OCH3 is 1. The van der Waals surface area contributed by atoms with Gasteiger partial charge in [0.2, 0.25) is 5.91 Å². The molecule has 0 radical (unpaired) electrons. The molecule has 3 aliphatic rings. The molecule has 2 atom stereocenters. The number of unbranched alkanes of at least 4 members (excludes halogenated alkanes) is 1. The summed E-state index contributed by atoms with van der Waals surface area (Å²) < 4.78 is 18.8. The number of amides is 3. The van der Waals surface area contributed by atoms with Gasteiger partial charge >= 0.3 is 6.09 Å². The van der Waals surface area contributed by atoms with Gasteiger partial charge in [0.25, 0.3) is 5.91 Å². The SMILES string of the molecule is COCCCCn1c(C(=O)N(CC(C)C)C2C[C@@H](C(=O)N3CCOCC3)CN(C(=O)OC(C)(C)C)C2)cc2c1CCCC2. The summed E-state index contributed by atoms with van der Waals surface area (Å²) >= 11 is 0. The number of morpholine rings is 1. The molecular formula is C33H54N4O6. The van der Waals surface area contributed by atoms with Crippen molar-refractivity contribution in [1.82, 2.24) is 19.3 Å². The molecule has 1 aliphatic carbocycles. The van der Waals surface area contributed by atoms with Crippen molar-refractivity contribution < 1.29 is 28.6 Å². The van der Waals surface area contributed by atoms with Crippen LogP contribution in [0.15, 0.2) is 6.07 Å². The third-order valence-corrected chi connectivity index (χ3v) is 8.62. The molecule has 3 heterocycles. The summed E-state index contributed by atoms with van der Waals surface area (Å²) in [5.74, 6) is -0.186. The molecule has 43 heavy (non-hydrogen) atoms. The summed E-state index contributed by atoms with van der Waals surface area (Å²) in [7, 11) is 1.72. The molecule has 1 unspecified atom stereocenters. The molecule has 1 aromatic rings. The van der Waals surface area contributed by atoms with Crippen LogP contribution in [-0.4, -0.2) is 108 Å². The van der Waals surface area contributed by atoms with Crippen molar-refractivity contribution >= 4 is 17.9 Å². The third-order valence-electron chi connectivity index (χ3n) is 8.62. The average molecular weight is 603 g/mol. The standard InChI is InChI=1S/C33H54N4O6/c1-24(2)21-37(31(39)29-20-25-11-7-8-12-28(25)36(29)13-9-10-16-41-6)27-19-26(30(38)34-14-17-42-18-15-34)22-35(23-27)32(40)43-33(3,4)5/h20,24,26-27H,7-19,21-23H2,1-6H3/t26-,27?/m1/s1. The summed E-state index contributed by atoms with van der Waals surface area (Å²) in [5, 5.41) is 0. The molecule has 2 aliphatic heterocycles. The topological polar surface area (TPSA) is 93.5 Å². The Balaban J connectivity index is 1.65. The van der Waals surface area contributed by atoms with E-state index in [1.165, 1.54) is 11.3 Å². The van der Waals surface area contributed by atoms with Gasteiger partial charge in [-0.1, -0.05) is 13.8 Å². The van der Waals surface area contributed by atoms with Crippen molar-refractivity contribution in [1.29, 1.82) is 0 Å². The van der Waals surface area contributed by atoms with Crippen molar-refractivity contribution in [2.24, 2.45) is 11.8 Å². The highest BCUT2D eigenvalue weighted by Crippen LogP contribution is 2.30. The molecule has 0 aromatic carbocycles. The predicted molar refractivity (Wildman–Crippen MR) is 165 cm³/mol. The lowest BCUT2D eigenvalue weighted by molar-refractivity contribution is -0.142. The normalized spacial score (nSPS) is 21.1. The van der Waals surface area contributed by atoms with E-state index in [0.717, 1.165) is 50.8 Å². The first-order valence-electron chi connectivity index (χ1n) is 16.3. The smallest absolute Gasteiger partial charge is 0.410 e. The lowest BCUT2D eigenvalue weighted by Crippen LogP contribution is -2.58. The van der Waals surface area contributed by atoms with Crippen LogP contribution in [0, 0.1) is 11.8 Å². The van der Waals surface area contributed by atoms with Gasteiger partial charge in [-0.25, -0.2) is 4.79 Å². The van der Waals surface area contributed by atoms with Gasteiger partial charge in [-0.05, 0) is 83.3 Å². The van der Waals surface area contributed by atoms with E-state index in [1.807, 2.05) is 30.6 Å². The van der Waals surface area contributed by atoms with Crippen molar-refractivity contribution in [2.75, 3.05) is 59.7 Å². The van der Waals surface area contributed by atoms with Crippen LogP contribution in [0.4, 0.5) is 4.79 Å². The van der Waals surface area contributed by atoms with Gasteiger partial charge in [0.1, 0.15) is 11.3 Å². The second kappa shape index (κ2) is 14.9. The summed E-state index contributed by atoms with van der Waals surface area (Å²) in [4.78, 5) is 47.2. The van der Waals surface area contributed by atoms with Crippen LogP contribution in [-0.2, 0) is 38.4 Å². The highest BCUT2D eigenvalue weighted by atomic mass is 16.6. The van der Waals surface area contributed by atoms with Crippen LogP contribution >= 0.6 is 0 Å². The molecule has 2 saturated heterocycles. The molecule has 10 nitrogen and oxygen atoms in total. The van der Waals surface area contributed by atoms with Crippen LogP contribution in [0.2, 0.25) is 0 Å². The minimum Gasteiger partial charge on any atom is -0.444 e. The Morgan fingerprint density at radius 2 is 1.77 bits per heavy atom. The molecule has 10 heteroatoms. The maximum absolute atomic E-state index is 14.6. The zero-order valence-corrected chi connectivity index (χ0v) is 27.4. The Labute approximate surface area is 258 Å². The first kappa shape index (κ1) is 33.3. The number of fused-ring (bicyclic) bond motifs is 1. The molecule has 0 saturated carbocycles. The van der Waals surface area contributed by atoms with E-state index in [2.05, 4.69) is 24.5 Å². The molecule has 0 N–H and O–H groups in total. The van der Waals surface area contributed by atoms with Crippen LogP contribution < -0.4 is 0 Å². The van der Waals surface area contributed by atoms with Gasteiger partial charge in [-0.2, -0.15) is 0 Å².